The Morgan fingerprint density at radius 2 is 2.38 bits per heavy atom. The molecule has 10 nitrogen and oxygen atoms in total. The monoisotopic (exact) mass is 296 g/mol. The second-order valence-corrected chi connectivity index (χ2v) is 4.97. The Labute approximate surface area is 120 Å². The summed E-state index contributed by atoms with van der Waals surface area (Å²) < 4.78 is 7.12. The molecule has 0 bridgehead atoms. The lowest BCUT2D eigenvalue weighted by molar-refractivity contribution is -0.386. The van der Waals surface area contributed by atoms with Gasteiger partial charge in [0.2, 0.25) is 0 Å². The molecule has 10 heteroatoms. The first-order valence-corrected chi connectivity index (χ1v) is 6.49. The molecule has 1 aliphatic rings. The van der Waals surface area contributed by atoms with Crippen LogP contribution in [0, 0.1) is 10.1 Å². The van der Waals surface area contributed by atoms with Crippen LogP contribution in [0.1, 0.15) is 31.6 Å². The van der Waals surface area contributed by atoms with Gasteiger partial charge in [-0.1, -0.05) is 5.11 Å². The number of nitrogens with zero attached hydrogens (tertiary/aromatic N) is 6. The van der Waals surface area contributed by atoms with E-state index in [2.05, 4.69) is 15.1 Å². The third-order valence-corrected chi connectivity index (χ3v) is 3.64. The Bertz CT molecular complexity index is 581. The standard InChI is InChI=1S/C11H16N6O4/c1-6-11(18)7(14-15-12)3-4-9(21-6)10-8(17(19)20)5-13-16(10)2/h5-7,9,11,18H,3-4H2,1-2H3/t6-,7+,9-,11+/m0/s1. The Balaban J connectivity index is 2.32. The van der Waals surface area contributed by atoms with Gasteiger partial charge in [0.15, 0.2) is 0 Å². The highest BCUT2D eigenvalue weighted by atomic mass is 16.6. The van der Waals surface area contributed by atoms with Crippen LogP contribution >= 0.6 is 0 Å². The van der Waals surface area contributed by atoms with E-state index >= 15 is 0 Å². The number of ether oxygens (including phenoxy) is 1. The van der Waals surface area contributed by atoms with Crippen molar-refractivity contribution in [2.45, 2.75) is 44.1 Å². The summed E-state index contributed by atoms with van der Waals surface area (Å²) in [5.74, 6) is 0. The minimum absolute atomic E-state index is 0.119. The van der Waals surface area contributed by atoms with Crippen molar-refractivity contribution in [2.75, 3.05) is 0 Å². The van der Waals surface area contributed by atoms with E-state index < -0.39 is 29.3 Å². The molecule has 2 heterocycles. The molecule has 1 N–H and O–H groups in total. The fourth-order valence-electron chi connectivity index (χ4n) is 2.56. The number of nitro groups is 1. The molecule has 2 rings (SSSR count). The maximum absolute atomic E-state index is 11.1. The van der Waals surface area contributed by atoms with E-state index in [-0.39, 0.29) is 5.69 Å². The molecule has 0 aliphatic carbocycles. The van der Waals surface area contributed by atoms with Crippen LogP contribution in [-0.2, 0) is 11.8 Å². The molecule has 0 spiro atoms. The lowest BCUT2D eigenvalue weighted by Crippen LogP contribution is -2.34. The van der Waals surface area contributed by atoms with Crippen molar-refractivity contribution in [2.24, 2.45) is 12.2 Å². The van der Waals surface area contributed by atoms with Crippen molar-refractivity contribution in [1.82, 2.24) is 9.78 Å². The summed E-state index contributed by atoms with van der Waals surface area (Å²) in [5, 5.41) is 28.6. The number of rotatable bonds is 3. The number of hydrogen-bond acceptors (Lipinski definition) is 6. The quantitative estimate of drug-likeness (QED) is 0.296. The molecule has 1 aromatic rings. The molecule has 0 unspecified atom stereocenters. The molecule has 1 fully saturated rings. The van der Waals surface area contributed by atoms with Crippen LogP contribution in [0.5, 0.6) is 0 Å². The van der Waals surface area contributed by atoms with Crippen molar-refractivity contribution in [3.63, 3.8) is 0 Å². The van der Waals surface area contributed by atoms with Crippen LogP contribution in [0.25, 0.3) is 10.4 Å². The van der Waals surface area contributed by atoms with Gasteiger partial charge in [0.1, 0.15) is 18.0 Å². The minimum atomic E-state index is -0.946. The van der Waals surface area contributed by atoms with E-state index in [1.807, 2.05) is 0 Å². The van der Waals surface area contributed by atoms with Crippen LogP contribution in [0.3, 0.4) is 0 Å². The third kappa shape index (κ3) is 2.97. The van der Waals surface area contributed by atoms with Gasteiger partial charge < -0.3 is 9.84 Å². The van der Waals surface area contributed by atoms with Gasteiger partial charge in [-0.25, -0.2) is 0 Å². The van der Waals surface area contributed by atoms with E-state index in [0.29, 0.717) is 18.5 Å². The zero-order valence-corrected chi connectivity index (χ0v) is 11.7. The molecule has 1 saturated heterocycles. The molecule has 0 amide bonds. The van der Waals surface area contributed by atoms with Gasteiger partial charge in [0.25, 0.3) is 0 Å². The first-order chi connectivity index (χ1) is 9.95. The topological polar surface area (TPSA) is 139 Å². The van der Waals surface area contributed by atoms with Gasteiger partial charge in [-0.3, -0.25) is 14.8 Å². The summed E-state index contributed by atoms with van der Waals surface area (Å²) in [6.45, 7) is 1.64. The van der Waals surface area contributed by atoms with Crippen LogP contribution < -0.4 is 0 Å². The van der Waals surface area contributed by atoms with Gasteiger partial charge in [0, 0.05) is 12.0 Å². The van der Waals surface area contributed by atoms with Gasteiger partial charge in [-0.05, 0) is 25.3 Å². The maximum Gasteiger partial charge on any atom is 0.312 e. The zero-order chi connectivity index (χ0) is 15.6. The minimum Gasteiger partial charge on any atom is -0.390 e. The van der Waals surface area contributed by atoms with E-state index in [1.54, 1.807) is 14.0 Å². The fourth-order valence-corrected chi connectivity index (χ4v) is 2.56. The highest BCUT2D eigenvalue weighted by Gasteiger charge is 2.36. The summed E-state index contributed by atoms with van der Waals surface area (Å²) >= 11 is 0. The molecule has 1 aromatic heterocycles. The normalized spacial score (nSPS) is 29.5. The van der Waals surface area contributed by atoms with Crippen LogP contribution in [0.15, 0.2) is 11.3 Å². The molecule has 0 aromatic carbocycles. The summed E-state index contributed by atoms with van der Waals surface area (Å²) in [6.07, 6.45) is -0.189. The molecule has 0 saturated carbocycles. The number of azide groups is 1. The first kappa shape index (κ1) is 15.2. The molecule has 1 aliphatic heterocycles. The smallest absolute Gasteiger partial charge is 0.312 e. The molecular formula is C11H16N6O4. The average molecular weight is 296 g/mol. The Kier molecular flexibility index (Phi) is 4.41. The van der Waals surface area contributed by atoms with Gasteiger partial charge >= 0.3 is 5.69 Å². The SMILES string of the molecule is C[C@@H]1O[C@H](c2c([N+](=O)[O-])cnn2C)CC[C@@H](N=[N+]=[N-])[C@@H]1O. The lowest BCUT2D eigenvalue weighted by atomic mass is 10.0. The summed E-state index contributed by atoms with van der Waals surface area (Å²) in [7, 11) is 1.60. The van der Waals surface area contributed by atoms with E-state index in [1.165, 1.54) is 10.9 Å². The van der Waals surface area contributed by atoms with E-state index in [0.717, 1.165) is 0 Å². The highest BCUT2D eigenvalue weighted by molar-refractivity contribution is 5.35. The van der Waals surface area contributed by atoms with Crippen LogP contribution in [0.4, 0.5) is 5.69 Å². The largest absolute Gasteiger partial charge is 0.390 e. The van der Waals surface area contributed by atoms with Gasteiger partial charge in [-0.2, -0.15) is 5.10 Å². The van der Waals surface area contributed by atoms with Crippen LogP contribution in [0.2, 0.25) is 0 Å². The summed E-state index contributed by atoms with van der Waals surface area (Å²) in [5.41, 5.74) is 8.76. The molecule has 4 atom stereocenters. The summed E-state index contributed by atoms with van der Waals surface area (Å²) in [6, 6.07) is -0.609. The van der Waals surface area contributed by atoms with Crippen molar-refractivity contribution >= 4 is 5.69 Å². The Morgan fingerprint density at radius 1 is 1.67 bits per heavy atom. The first-order valence-electron chi connectivity index (χ1n) is 6.49. The van der Waals surface area contributed by atoms with Crippen molar-refractivity contribution in [3.8, 4) is 0 Å². The number of aromatic nitrogens is 2. The molecule has 114 valence electrons. The van der Waals surface area contributed by atoms with Gasteiger partial charge in [0.05, 0.1) is 23.2 Å². The number of aliphatic hydroxyl groups is 1. The average Bonchev–Trinajstić information content (AvgIpc) is 2.76. The van der Waals surface area contributed by atoms with Gasteiger partial charge in [-0.15, -0.1) is 0 Å². The molecule has 0 radical (unpaired) electrons. The Hall–Kier alpha value is -2.16. The second-order valence-electron chi connectivity index (χ2n) is 4.97. The third-order valence-electron chi connectivity index (χ3n) is 3.64. The number of aliphatic hydroxyl groups excluding tert-OH is 1. The molecule has 21 heavy (non-hydrogen) atoms. The second kappa shape index (κ2) is 6.08. The predicted molar refractivity (Wildman–Crippen MR) is 71.3 cm³/mol. The lowest BCUT2D eigenvalue weighted by Gasteiger charge is -2.22. The van der Waals surface area contributed by atoms with Crippen molar-refractivity contribution < 1.29 is 14.8 Å². The van der Waals surface area contributed by atoms with E-state index in [9.17, 15) is 15.2 Å². The van der Waals surface area contributed by atoms with E-state index in [4.69, 9.17) is 10.3 Å². The Morgan fingerprint density at radius 3 is 3.00 bits per heavy atom. The van der Waals surface area contributed by atoms with Crippen molar-refractivity contribution in [3.05, 3.63) is 32.4 Å². The van der Waals surface area contributed by atoms with Crippen LogP contribution in [-0.4, -0.2) is 38.1 Å². The summed E-state index contributed by atoms with van der Waals surface area (Å²) in [4.78, 5) is 13.3. The molecular weight excluding hydrogens is 280 g/mol. The highest BCUT2D eigenvalue weighted by Crippen LogP contribution is 2.35. The zero-order valence-electron chi connectivity index (χ0n) is 11.7. The number of hydrogen-bond donors (Lipinski definition) is 1. The predicted octanol–water partition coefficient (Wildman–Crippen LogP) is 1.61. The van der Waals surface area contributed by atoms with Crippen molar-refractivity contribution in [1.29, 1.82) is 0 Å². The number of aryl methyl sites for hydroxylation is 1. The fraction of sp³-hybridized carbons (Fsp3) is 0.727. The maximum atomic E-state index is 11.1.